The van der Waals surface area contributed by atoms with E-state index in [2.05, 4.69) is 4.99 Å². The summed E-state index contributed by atoms with van der Waals surface area (Å²) in [6, 6.07) is 9.77. The molecule has 0 aliphatic carbocycles. The first-order chi connectivity index (χ1) is 6.95. The highest BCUT2D eigenvalue weighted by Gasteiger charge is 2.06. The average molecular weight is 191 g/mol. The molecule has 0 saturated carbocycles. The highest BCUT2D eigenvalue weighted by molar-refractivity contribution is 5.77. The molecule has 74 valence electrons. The molecule has 0 radical (unpaired) electrons. The van der Waals surface area contributed by atoms with Crippen molar-refractivity contribution in [1.82, 2.24) is 0 Å². The molecular weight excluding hydrogens is 178 g/mol. The van der Waals surface area contributed by atoms with Crippen LogP contribution in [0.5, 0.6) is 5.75 Å². The molecule has 1 aliphatic rings. The van der Waals surface area contributed by atoms with Gasteiger partial charge < -0.3 is 9.47 Å². The Kier molecular flexibility index (Phi) is 3.01. The van der Waals surface area contributed by atoms with Gasteiger partial charge >= 0.3 is 0 Å². The van der Waals surface area contributed by atoms with Crippen molar-refractivity contribution in [3.05, 3.63) is 30.3 Å². The van der Waals surface area contributed by atoms with Gasteiger partial charge in [0, 0.05) is 0 Å². The molecule has 0 amide bonds. The topological polar surface area (TPSA) is 30.8 Å². The Hall–Kier alpha value is -1.51. The Bertz CT molecular complexity index is 308. The van der Waals surface area contributed by atoms with Crippen LogP contribution in [0.4, 0.5) is 0 Å². The third kappa shape index (κ3) is 2.49. The number of hydrogen-bond acceptors (Lipinski definition) is 3. The van der Waals surface area contributed by atoms with Gasteiger partial charge in [0.05, 0.1) is 19.6 Å². The fourth-order valence-corrected chi connectivity index (χ4v) is 1.30. The van der Waals surface area contributed by atoms with Gasteiger partial charge in [0.2, 0.25) is 0 Å². The second kappa shape index (κ2) is 4.65. The average Bonchev–Trinajstić information content (AvgIpc) is 2.72. The fraction of sp³-hybridized carbons (Fsp3) is 0.364. The van der Waals surface area contributed by atoms with Crippen LogP contribution in [0.25, 0.3) is 0 Å². The second-order valence-corrected chi connectivity index (χ2v) is 3.04. The second-order valence-electron chi connectivity index (χ2n) is 3.04. The predicted molar refractivity (Wildman–Crippen MR) is 54.8 cm³/mol. The molecule has 1 heterocycles. The number of rotatable bonds is 4. The lowest BCUT2D eigenvalue weighted by molar-refractivity contribution is 0.297. The first kappa shape index (κ1) is 9.06. The van der Waals surface area contributed by atoms with Crippen molar-refractivity contribution in [2.45, 2.75) is 6.42 Å². The molecule has 0 spiro atoms. The van der Waals surface area contributed by atoms with Crippen LogP contribution in [-0.4, -0.2) is 25.7 Å². The Balaban J connectivity index is 1.73. The zero-order chi connectivity index (χ0) is 9.64. The van der Waals surface area contributed by atoms with Crippen LogP contribution >= 0.6 is 0 Å². The zero-order valence-corrected chi connectivity index (χ0v) is 7.98. The number of hydrogen-bond donors (Lipinski definition) is 0. The molecule has 3 heteroatoms. The summed E-state index contributed by atoms with van der Waals surface area (Å²) in [6.07, 6.45) is 0.759. The van der Waals surface area contributed by atoms with Gasteiger partial charge in [-0.05, 0) is 12.1 Å². The lowest BCUT2D eigenvalue weighted by atomic mass is 10.3. The van der Waals surface area contributed by atoms with Gasteiger partial charge in [0.25, 0.3) is 0 Å². The van der Waals surface area contributed by atoms with E-state index in [1.807, 2.05) is 30.3 Å². The maximum Gasteiger partial charge on any atom is 0.186 e. The van der Waals surface area contributed by atoms with E-state index in [4.69, 9.17) is 9.47 Å². The van der Waals surface area contributed by atoms with Crippen LogP contribution in [0, 0.1) is 0 Å². The van der Waals surface area contributed by atoms with Crippen molar-refractivity contribution < 1.29 is 9.47 Å². The smallest absolute Gasteiger partial charge is 0.186 e. The zero-order valence-electron chi connectivity index (χ0n) is 7.98. The molecule has 0 unspecified atom stereocenters. The lowest BCUT2D eigenvalue weighted by Gasteiger charge is -2.05. The predicted octanol–water partition coefficient (Wildman–Crippen LogP) is 1.88. The van der Waals surface area contributed by atoms with Crippen molar-refractivity contribution in [2.24, 2.45) is 4.99 Å². The molecule has 0 bridgehead atoms. The van der Waals surface area contributed by atoms with Crippen molar-refractivity contribution in [2.75, 3.05) is 19.8 Å². The van der Waals surface area contributed by atoms with Crippen molar-refractivity contribution in [1.29, 1.82) is 0 Å². The summed E-state index contributed by atoms with van der Waals surface area (Å²) in [5, 5.41) is 0. The Morgan fingerprint density at radius 1 is 1.29 bits per heavy atom. The van der Waals surface area contributed by atoms with E-state index in [-0.39, 0.29) is 0 Å². The fourth-order valence-electron chi connectivity index (χ4n) is 1.30. The molecule has 0 atom stereocenters. The molecule has 1 aromatic rings. The normalized spacial score (nSPS) is 14.7. The standard InChI is InChI=1S/C11H13NO2/c1-2-4-10(5-3-1)13-8-6-11-12-7-9-14-11/h1-5H,6-9H2. The monoisotopic (exact) mass is 191 g/mol. The molecule has 1 aromatic carbocycles. The summed E-state index contributed by atoms with van der Waals surface area (Å²) < 4.78 is 10.8. The minimum Gasteiger partial charge on any atom is -0.493 e. The van der Waals surface area contributed by atoms with E-state index in [9.17, 15) is 0 Å². The molecule has 3 nitrogen and oxygen atoms in total. The Morgan fingerprint density at radius 2 is 2.14 bits per heavy atom. The molecule has 1 aliphatic heterocycles. The van der Waals surface area contributed by atoms with Crippen LogP contribution in [0.15, 0.2) is 35.3 Å². The highest BCUT2D eigenvalue weighted by Crippen LogP contribution is 2.09. The summed E-state index contributed by atoms with van der Waals surface area (Å²) in [5.41, 5.74) is 0. The third-order valence-electron chi connectivity index (χ3n) is 1.98. The molecule has 0 fully saturated rings. The molecule has 0 N–H and O–H groups in total. The minimum absolute atomic E-state index is 0.628. The van der Waals surface area contributed by atoms with Gasteiger partial charge in [0.1, 0.15) is 12.4 Å². The first-order valence-electron chi connectivity index (χ1n) is 4.79. The summed E-state index contributed by atoms with van der Waals surface area (Å²) in [7, 11) is 0. The van der Waals surface area contributed by atoms with Crippen molar-refractivity contribution in [3.8, 4) is 5.75 Å². The maximum absolute atomic E-state index is 5.51. The van der Waals surface area contributed by atoms with Crippen LogP contribution < -0.4 is 4.74 Å². The van der Waals surface area contributed by atoms with Crippen molar-refractivity contribution in [3.63, 3.8) is 0 Å². The third-order valence-corrected chi connectivity index (χ3v) is 1.98. The lowest BCUT2D eigenvalue weighted by Crippen LogP contribution is -2.06. The summed E-state index contributed by atoms with van der Waals surface area (Å²) >= 11 is 0. The van der Waals surface area contributed by atoms with Gasteiger partial charge in [-0.3, -0.25) is 4.99 Å². The number of para-hydroxylation sites is 1. The minimum atomic E-state index is 0.628. The Labute approximate surface area is 83.4 Å². The van der Waals surface area contributed by atoms with Crippen LogP contribution in [-0.2, 0) is 4.74 Å². The Morgan fingerprint density at radius 3 is 2.86 bits per heavy atom. The van der Waals surface area contributed by atoms with Gasteiger partial charge in [0.15, 0.2) is 5.90 Å². The number of benzene rings is 1. The van der Waals surface area contributed by atoms with Crippen LogP contribution in [0.1, 0.15) is 6.42 Å². The van der Waals surface area contributed by atoms with E-state index in [0.717, 1.165) is 31.2 Å². The quantitative estimate of drug-likeness (QED) is 0.727. The molecule has 14 heavy (non-hydrogen) atoms. The largest absolute Gasteiger partial charge is 0.493 e. The van der Waals surface area contributed by atoms with Gasteiger partial charge in [-0.25, -0.2) is 0 Å². The number of aliphatic imine (C=N–C) groups is 1. The molecular formula is C11H13NO2. The number of ether oxygens (including phenoxy) is 2. The van der Waals surface area contributed by atoms with E-state index < -0.39 is 0 Å². The van der Waals surface area contributed by atoms with Gasteiger partial charge in [-0.1, -0.05) is 18.2 Å². The van der Waals surface area contributed by atoms with Crippen molar-refractivity contribution >= 4 is 5.90 Å². The molecule has 2 rings (SSSR count). The van der Waals surface area contributed by atoms with E-state index in [1.54, 1.807) is 0 Å². The van der Waals surface area contributed by atoms with Gasteiger partial charge in [-0.2, -0.15) is 0 Å². The van der Waals surface area contributed by atoms with E-state index >= 15 is 0 Å². The summed E-state index contributed by atoms with van der Waals surface area (Å²) in [4.78, 5) is 4.18. The first-order valence-corrected chi connectivity index (χ1v) is 4.79. The van der Waals surface area contributed by atoms with Crippen LogP contribution in [0.2, 0.25) is 0 Å². The van der Waals surface area contributed by atoms with Gasteiger partial charge in [-0.15, -0.1) is 0 Å². The maximum atomic E-state index is 5.51. The summed E-state index contributed by atoms with van der Waals surface area (Å²) in [6.45, 7) is 2.14. The SMILES string of the molecule is c1ccc(OCCC2=NCCO2)cc1. The van der Waals surface area contributed by atoms with Crippen LogP contribution in [0.3, 0.4) is 0 Å². The van der Waals surface area contributed by atoms with E-state index in [0.29, 0.717) is 6.61 Å². The van der Waals surface area contributed by atoms with E-state index in [1.165, 1.54) is 0 Å². The molecule has 0 aromatic heterocycles. The summed E-state index contributed by atoms with van der Waals surface area (Å²) in [5.74, 6) is 1.71. The number of nitrogens with zero attached hydrogens (tertiary/aromatic N) is 1. The molecule has 0 saturated heterocycles. The highest BCUT2D eigenvalue weighted by atomic mass is 16.5.